The second-order valence-electron chi connectivity index (χ2n) is 5.09. The van der Waals surface area contributed by atoms with Crippen LogP contribution in [0.5, 0.6) is 0 Å². The molecule has 3 rings (SSSR count). The van der Waals surface area contributed by atoms with E-state index < -0.39 is 0 Å². The molecule has 0 aliphatic carbocycles. The maximum Gasteiger partial charge on any atom is 0.276 e. The third-order valence-corrected chi connectivity index (χ3v) is 3.85. The third kappa shape index (κ3) is 3.11. The number of ether oxygens (including phenoxy) is 1. The van der Waals surface area contributed by atoms with Gasteiger partial charge in [0.1, 0.15) is 11.5 Å². The van der Waals surface area contributed by atoms with Crippen LogP contribution in [0.4, 0.5) is 4.39 Å². The molecule has 1 atom stereocenters. The molecule has 4 nitrogen and oxygen atoms in total. The van der Waals surface area contributed by atoms with Crippen molar-refractivity contribution in [3.8, 4) is 0 Å². The second kappa shape index (κ2) is 5.91. The summed E-state index contributed by atoms with van der Waals surface area (Å²) in [4.78, 5) is 13.9. The molecule has 1 unspecified atom stereocenters. The normalized spacial score (nSPS) is 24.0. The van der Waals surface area contributed by atoms with Gasteiger partial charge in [-0.25, -0.2) is 4.39 Å². The third-order valence-electron chi connectivity index (χ3n) is 3.53. The Hall–Kier alpha value is -1.79. The minimum atomic E-state index is -0.339. The van der Waals surface area contributed by atoms with Crippen molar-refractivity contribution in [1.29, 1.82) is 0 Å². The summed E-state index contributed by atoms with van der Waals surface area (Å²) >= 11 is 5.19. The van der Waals surface area contributed by atoms with Gasteiger partial charge in [0.2, 0.25) is 0 Å². The standard InChI is InChI=1S/C15H15FN2O2S/c16-11-4-1-3-10(7-11)8-13-14(19)18(15(21)17-13)9-12-5-2-6-20-12/h1,3-4,7-8,12H,2,5-6,9H2,(H,17,21)/b13-8+. The fraction of sp³-hybridized carbons (Fsp3) is 0.333. The van der Waals surface area contributed by atoms with Crippen LogP contribution in [0.2, 0.25) is 0 Å². The molecule has 2 heterocycles. The Kier molecular flexibility index (Phi) is 3.98. The molecule has 110 valence electrons. The molecule has 0 bridgehead atoms. The molecule has 2 saturated heterocycles. The fourth-order valence-corrected chi connectivity index (χ4v) is 2.76. The van der Waals surface area contributed by atoms with E-state index in [4.69, 9.17) is 17.0 Å². The number of carbonyl (C=O) groups is 1. The molecule has 2 fully saturated rings. The van der Waals surface area contributed by atoms with Crippen LogP contribution in [0.1, 0.15) is 18.4 Å². The predicted octanol–water partition coefficient (Wildman–Crippen LogP) is 2.06. The summed E-state index contributed by atoms with van der Waals surface area (Å²) in [5, 5.41) is 3.26. The van der Waals surface area contributed by atoms with Gasteiger partial charge in [0.25, 0.3) is 5.91 Å². The number of nitrogens with one attached hydrogen (secondary N) is 1. The fourth-order valence-electron chi connectivity index (χ4n) is 2.49. The van der Waals surface area contributed by atoms with Crippen molar-refractivity contribution in [3.63, 3.8) is 0 Å². The number of halogens is 1. The SMILES string of the molecule is O=C1/C(=C\c2cccc(F)c2)NC(=S)N1CC1CCCO1. The van der Waals surface area contributed by atoms with Gasteiger partial charge in [0.05, 0.1) is 12.6 Å². The quantitative estimate of drug-likeness (QED) is 0.685. The Morgan fingerprint density at radius 2 is 2.38 bits per heavy atom. The molecule has 1 amide bonds. The number of rotatable bonds is 3. The molecule has 1 aromatic carbocycles. The molecule has 0 radical (unpaired) electrons. The lowest BCUT2D eigenvalue weighted by Gasteiger charge is -2.18. The number of benzene rings is 1. The first-order chi connectivity index (χ1) is 10.1. The van der Waals surface area contributed by atoms with E-state index in [1.807, 2.05) is 0 Å². The van der Waals surface area contributed by atoms with Crippen LogP contribution in [0.3, 0.4) is 0 Å². The van der Waals surface area contributed by atoms with Crippen LogP contribution in [0, 0.1) is 5.82 Å². The van der Waals surface area contributed by atoms with Crippen molar-refractivity contribution >= 4 is 29.3 Å². The highest BCUT2D eigenvalue weighted by molar-refractivity contribution is 7.80. The number of carbonyl (C=O) groups excluding carboxylic acids is 1. The van der Waals surface area contributed by atoms with Crippen LogP contribution in [0.25, 0.3) is 6.08 Å². The average Bonchev–Trinajstić information content (AvgIpc) is 3.04. The van der Waals surface area contributed by atoms with E-state index in [0.29, 0.717) is 22.9 Å². The van der Waals surface area contributed by atoms with Crippen molar-refractivity contribution < 1.29 is 13.9 Å². The molecule has 21 heavy (non-hydrogen) atoms. The molecule has 0 aromatic heterocycles. The molecule has 0 saturated carbocycles. The Morgan fingerprint density at radius 1 is 1.52 bits per heavy atom. The molecule has 1 aromatic rings. The summed E-state index contributed by atoms with van der Waals surface area (Å²) in [6.45, 7) is 1.20. The first kappa shape index (κ1) is 14.2. The lowest BCUT2D eigenvalue weighted by Crippen LogP contribution is -2.37. The van der Waals surface area contributed by atoms with Gasteiger partial charge in [-0.1, -0.05) is 12.1 Å². The minimum Gasteiger partial charge on any atom is -0.376 e. The van der Waals surface area contributed by atoms with Crippen molar-refractivity contribution in [2.45, 2.75) is 18.9 Å². The number of amides is 1. The van der Waals surface area contributed by atoms with Gasteiger partial charge in [-0.3, -0.25) is 9.69 Å². The van der Waals surface area contributed by atoms with E-state index in [0.717, 1.165) is 19.4 Å². The van der Waals surface area contributed by atoms with Crippen molar-refractivity contribution in [2.75, 3.05) is 13.2 Å². The summed E-state index contributed by atoms with van der Waals surface area (Å²) in [5.41, 5.74) is 0.983. The zero-order chi connectivity index (χ0) is 14.8. The highest BCUT2D eigenvalue weighted by atomic mass is 32.1. The number of nitrogens with zero attached hydrogens (tertiary/aromatic N) is 1. The highest BCUT2D eigenvalue weighted by Crippen LogP contribution is 2.19. The van der Waals surface area contributed by atoms with Crippen LogP contribution in [0.15, 0.2) is 30.0 Å². The monoisotopic (exact) mass is 306 g/mol. The van der Waals surface area contributed by atoms with E-state index in [-0.39, 0.29) is 17.8 Å². The molecular weight excluding hydrogens is 291 g/mol. The maximum atomic E-state index is 13.2. The van der Waals surface area contributed by atoms with Crippen LogP contribution in [-0.4, -0.2) is 35.2 Å². The minimum absolute atomic E-state index is 0.0437. The van der Waals surface area contributed by atoms with Gasteiger partial charge in [-0.2, -0.15) is 0 Å². The summed E-state index contributed by atoms with van der Waals surface area (Å²) in [7, 11) is 0. The first-order valence-electron chi connectivity index (χ1n) is 6.85. The van der Waals surface area contributed by atoms with Gasteiger partial charge < -0.3 is 10.1 Å². The molecule has 2 aliphatic rings. The zero-order valence-electron chi connectivity index (χ0n) is 11.3. The second-order valence-corrected chi connectivity index (χ2v) is 5.48. The maximum absolute atomic E-state index is 13.2. The van der Waals surface area contributed by atoms with Crippen molar-refractivity contribution in [3.05, 3.63) is 41.3 Å². The van der Waals surface area contributed by atoms with E-state index in [2.05, 4.69) is 5.32 Å². The Morgan fingerprint density at radius 3 is 3.10 bits per heavy atom. The Balaban J connectivity index is 1.76. The van der Waals surface area contributed by atoms with E-state index in [1.165, 1.54) is 17.0 Å². The van der Waals surface area contributed by atoms with Crippen molar-refractivity contribution in [2.24, 2.45) is 0 Å². The van der Waals surface area contributed by atoms with Gasteiger partial charge in [0.15, 0.2) is 5.11 Å². The van der Waals surface area contributed by atoms with Crippen LogP contribution < -0.4 is 5.32 Å². The van der Waals surface area contributed by atoms with E-state index in [9.17, 15) is 9.18 Å². The summed E-state index contributed by atoms with van der Waals surface area (Å²) in [5.74, 6) is -0.534. The summed E-state index contributed by atoms with van der Waals surface area (Å²) < 4.78 is 18.7. The van der Waals surface area contributed by atoms with Gasteiger partial charge in [-0.05, 0) is 48.8 Å². The summed E-state index contributed by atoms with van der Waals surface area (Å²) in [6.07, 6.45) is 3.60. The smallest absolute Gasteiger partial charge is 0.276 e. The lowest BCUT2D eigenvalue weighted by atomic mass is 10.2. The first-order valence-corrected chi connectivity index (χ1v) is 7.26. The molecule has 0 spiro atoms. The van der Waals surface area contributed by atoms with Gasteiger partial charge >= 0.3 is 0 Å². The number of hydrogen-bond acceptors (Lipinski definition) is 3. The molecule has 6 heteroatoms. The largest absolute Gasteiger partial charge is 0.376 e. The van der Waals surface area contributed by atoms with Crippen LogP contribution >= 0.6 is 12.2 Å². The Bertz CT molecular complexity index is 611. The average molecular weight is 306 g/mol. The molecular formula is C15H15FN2O2S. The number of hydrogen-bond donors (Lipinski definition) is 1. The molecule has 2 aliphatic heterocycles. The van der Waals surface area contributed by atoms with Crippen LogP contribution in [-0.2, 0) is 9.53 Å². The lowest BCUT2D eigenvalue weighted by molar-refractivity contribution is -0.123. The van der Waals surface area contributed by atoms with Gasteiger partial charge in [0, 0.05) is 6.61 Å². The summed E-state index contributed by atoms with van der Waals surface area (Å²) in [6, 6.07) is 6.06. The van der Waals surface area contributed by atoms with E-state index >= 15 is 0 Å². The Labute approximate surface area is 127 Å². The van der Waals surface area contributed by atoms with E-state index in [1.54, 1.807) is 18.2 Å². The van der Waals surface area contributed by atoms with Crippen molar-refractivity contribution in [1.82, 2.24) is 10.2 Å². The number of thiocarbonyl (C=S) groups is 1. The topological polar surface area (TPSA) is 41.6 Å². The molecule has 1 N–H and O–H groups in total. The zero-order valence-corrected chi connectivity index (χ0v) is 12.2. The highest BCUT2D eigenvalue weighted by Gasteiger charge is 2.33. The van der Waals surface area contributed by atoms with Gasteiger partial charge in [-0.15, -0.1) is 0 Å². The predicted molar refractivity (Wildman–Crippen MR) is 80.8 cm³/mol.